The summed E-state index contributed by atoms with van der Waals surface area (Å²) < 4.78 is 0. The van der Waals surface area contributed by atoms with Crippen LogP contribution in [-0.2, 0) is 16.1 Å². The zero-order valence-corrected chi connectivity index (χ0v) is 14.3. The molecule has 1 atom stereocenters. The fourth-order valence-corrected chi connectivity index (χ4v) is 3.65. The molecule has 2 N–H and O–H groups in total. The topological polar surface area (TPSA) is 79.5 Å². The van der Waals surface area contributed by atoms with Crippen molar-refractivity contribution in [1.82, 2.24) is 14.8 Å². The van der Waals surface area contributed by atoms with E-state index in [1.54, 1.807) is 0 Å². The van der Waals surface area contributed by atoms with Crippen LogP contribution < -0.4 is 5.73 Å². The van der Waals surface area contributed by atoms with Crippen LogP contribution in [0.5, 0.6) is 0 Å². The second-order valence-electron chi connectivity index (χ2n) is 6.91. The molecule has 2 amide bonds. The van der Waals surface area contributed by atoms with E-state index in [9.17, 15) is 9.59 Å². The van der Waals surface area contributed by atoms with Gasteiger partial charge in [0.25, 0.3) is 0 Å². The zero-order chi connectivity index (χ0) is 17.2. The predicted octanol–water partition coefficient (Wildman–Crippen LogP) is 1.16. The number of aromatic nitrogens is 1. The Morgan fingerprint density at radius 1 is 1.38 bits per heavy atom. The van der Waals surface area contributed by atoms with Gasteiger partial charge in [0.2, 0.25) is 11.8 Å². The number of likely N-dealkylation sites (tertiary alicyclic amines) is 1. The number of nitrogens with zero attached hydrogens (tertiary/aromatic N) is 3. The van der Waals surface area contributed by atoms with Crippen LogP contribution in [0, 0.1) is 5.41 Å². The fourth-order valence-electron chi connectivity index (χ4n) is 3.65. The summed E-state index contributed by atoms with van der Waals surface area (Å²) in [5.41, 5.74) is 5.79. The third kappa shape index (κ3) is 3.29. The zero-order valence-electron chi connectivity index (χ0n) is 14.3. The summed E-state index contributed by atoms with van der Waals surface area (Å²) >= 11 is 0. The second-order valence-corrected chi connectivity index (χ2v) is 6.91. The third-order valence-corrected chi connectivity index (χ3v) is 5.37. The molecule has 2 fully saturated rings. The fraction of sp³-hybridized carbons (Fsp3) is 0.611. The average molecular weight is 330 g/mol. The van der Waals surface area contributed by atoms with Crippen molar-refractivity contribution in [2.45, 2.75) is 45.2 Å². The molecular weight excluding hydrogens is 304 g/mol. The van der Waals surface area contributed by atoms with Gasteiger partial charge in [-0.1, -0.05) is 6.92 Å². The summed E-state index contributed by atoms with van der Waals surface area (Å²) in [7, 11) is 0. The number of carbonyl (C=O) groups excluding carboxylic acids is 2. The molecule has 1 aromatic heterocycles. The Bertz CT molecular complexity index is 600. The number of hydrogen-bond donors (Lipinski definition) is 1. The lowest BCUT2D eigenvalue weighted by atomic mass is 9.99. The highest BCUT2D eigenvalue weighted by molar-refractivity contribution is 6.07. The lowest BCUT2D eigenvalue weighted by molar-refractivity contribution is -0.144. The Kier molecular flexibility index (Phi) is 4.85. The van der Waals surface area contributed by atoms with Crippen LogP contribution in [0.15, 0.2) is 24.5 Å². The van der Waals surface area contributed by atoms with Crippen molar-refractivity contribution in [2.75, 3.05) is 19.6 Å². The van der Waals surface area contributed by atoms with Gasteiger partial charge in [-0.2, -0.15) is 0 Å². The first kappa shape index (κ1) is 16.9. The molecule has 0 radical (unpaired) electrons. The summed E-state index contributed by atoms with van der Waals surface area (Å²) in [6.07, 6.45) is 6.88. The predicted molar refractivity (Wildman–Crippen MR) is 90.8 cm³/mol. The Morgan fingerprint density at radius 3 is 2.67 bits per heavy atom. The van der Waals surface area contributed by atoms with Gasteiger partial charge in [-0.3, -0.25) is 19.5 Å². The van der Waals surface area contributed by atoms with Crippen molar-refractivity contribution in [2.24, 2.45) is 11.1 Å². The Balaban J connectivity index is 1.66. The summed E-state index contributed by atoms with van der Waals surface area (Å²) in [5, 5.41) is 0. The van der Waals surface area contributed by atoms with Crippen molar-refractivity contribution in [3.63, 3.8) is 0 Å². The lowest BCUT2D eigenvalue weighted by Crippen LogP contribution is -2.53. The van der Waals surface area contributed by atoms with E-state index in [-0.39, 0.29) is 5.91 Å². The van der Waals surface area contributed by atoms with Gasteiger partial charge in [0, 0.05) is 38.1 Å². The molecule has 2 heterocycles. The summed E-state index contributed by atoms with van der Waals surface area (Å²) in [6.45, 7) is 5.35. The van der Waals surface area contributed by atoms with Crippen LogP contribution in [0.1, 0.15) is 38.2 Å². The number of hydrogen-bond acceptors (Lipinski definition) is 4. The molecular formula is C18H26N4O2. The second kappa shape index (κ2) is 6.89. The molecule has 1 aliphatic carbocycles. The first-order chi connectivity index (χ1) is 11.6. The number of primary amides is 1. The van der Waals surface area contributed by atoms with Gasteiger partial charge in [0.1, 0.15) is 5.41 Å². The first-order valence-corrected chi connectivity index (χ1v) is 8.79. The smallest absolute Gasteiger partial charge is 0.238 e. The third-order valence-electron chi connectivity index (χ3n) is 5.37. The van der Waals surface area contributed by atoms with Crippen molar-refractivity contribution in [3.05, 3.63) is 30.1 Å². The number of likely N-dealkylation sites (N-methyl/N-ethyl adjacent to an activating group) is 1. The monoisotopic (exact) mass is 330 g/mol. The van der Waals surface area contributed by atoms with Crippen LogP contribution in [0.2, 0.25) is 0 Å². The number of piperidine rings is 1. The molecule has 1 saturated heterocycles. The van der Waals surface area contributed by atoms with Crippen molar-refractivity contribution in [1.29, 1.82) is 0 Å². The molecule has 1 aromatic rings. The summed E-state index contributed by atoms with van der Waals surface area (Å²) in [6, 6.07) is 4.38. The van der Waals surface area contributed by atoms with E-state index >= 15 is 0 Å². The molecule has 1 unspecified atom stereocenters. The number of rotatable bonds is 6. The molecule has 3 rings (SSSR count). The summed E-state index contributed by atoms with van der Waals surface area (Å²) in [4.78, 5) is 32.7. The van der Waals surface area contributed by atoms with Gasteiger partial charge in [-0.15, -0.1) is 0 Å². The number of amides is 2. The van der Waals surface area contributed by atoms with E-state index in [1.165, 1.54) is 5.56 Å². The largest absolute Gasteiger partial charge is 0.369 e. The maximum atomic E-state index is 12.7. The van der Waals surface area contributed by atoms with E-state index in [0.717, 1.165) is 32.5 Å². The molecule has 6 nitrogen and oxygen atoms in total. The molecule has 1 aliphatic heterocycles. The molecule has 6 heteroatoms. The Morgan fingerprint density at radius 2 is 2.08 bits per heavy atom. The van der Waals surface area contributed by atoms with Crippen molar-refractivity contribution < 1.29 is 9.59 Å². The van der Waals surface area contributed by atoms with Gasteiger partial charge >= 0.3 is 0 Å². The molecule has 1 saturated carbocycles. The molecule has 2 aliphatic rings. The number of nitrogens with two attached hydrogens (primary N) is 1. The summed E-state index contributed by atoms with van der Waals surface area (Å²) in [5.74, 6) is -0.515. The van der Waals surface area contributed by atoms with Gasteiger partial charge in [-0.05, 0) is 49.9 Å². The first-order valence-electron chi connectivity index (χ1n) is 8.79. The lowest BCUT2D eigenvalue weighted by Gasteiger charge is -2.40. The maximum absolute atomic E-state index is 12.7. The van der Waals surface area contributed by atoms with E-state index in [2.05, 4.69) is 16.8 Å². The highest BCUT2D eigenvalue weighted by Gasteiger charge is 2.57. The highest BCUT2D eigenvalue weighted by atomic mass is 16.2. The van der Waals surface area contributed by atoms with Crippen LogP contribution in [0.3, 0.4) is 0 Å². The van der Waals surface area contributed by atoms with Gasteiger partial charge < -0.3 is 10.6 Å². The molecule has 0 aromatic carbocycles. The van der Waals surface area contributed by atoms with Gasteiger partial charge in [0.15, 0.2) is 0 Å². The molecule has 24 heavy (non-hydrogen) atoms. The molecule has 0 spiro atoms. The van der Waals surface area contributed by atoms with E-state index < -0.39 is 11.3 Å². The van der Waals surface area contributed by atoms with Gasteiger partial charge in [-0.25, -0.2) is 0 Å². The standard InChI is InChI=1S/C18H26N4O2/c1-2-21(12-14-5-9-20-10-6-14)15-4-3-11-22(13-15)17(24)18(7-8-18)16(19)23/h5-6,9-10,15H,2-4,7-8,11-13H2,1H3,(H2,19,23). The van der Waals surface area contributed by atoms with Crippen molar-refractivity contribution >= 4 is 11.8 Å². The van der Waals surface area contributed by atoms with Crippen LogP contribution in [0.25, 0.3) is 0 Å². The van der Waals surface area contributed by atoms with Gasteiger partial charge in [0.05, 0.1) is 0 Å². The quantitative estimate of drug-likeness (QED) is 0.794. The van der Waals surface area contributed by atoms with Crippen LogP contribution in [-0.4, -0.2) is 52.3 Å². The normalized spacial score (nSPS) is 22.4. The van der Waals surface area contributed by atoms with Crippen molar-refractivity contribution in [3.8, 4) is 0 Å². The Hall–Kier alpha value is -1.95. The maximum Gasteiger partial charge on any atom is 0.238 e. The van der Waals surface area contributed by atoms with E-state index in [0.29, 0.717) is 25.4 Å². The minimum absolute atomic E-state index is 0.0559. The number of pyridine rings is 1. The Labute approximate surface area is 143 Å². The van der Waals surface area contributed by atoms with Crippen LogP contribution >= 0.6 is 0 Å². The van der Waals surface area contributed by atoms with E-state index in [1.807, 2.05) is 29.4 Å². The molecule has 130 valence electrons. The highest BCUT2D eigenvalue weighted by Crippen LogP contribution is 2.47. The minimum Gasteiger partial charge on any atom is -0.369 e. The molecule has 0 bridgehead atoms. The SMILES string of the molecule is CCN(Cc1ccncc1)C1CCCN(C(=O)C2(C(N)=O)CC2)C1. The average Bonchev–Trinajstić information content (AvgIpc) is 3.42. The minimum atomic E-state index is -0.899. The number of carbonyl (C=O) groups is 2. The van der Waals surface area contributed by atoms with E-state index in [4.69, 9.17) is 5.73 Å². The van der Waals surface area contributed by atoms with Crippen LogP contribution in [0.4, 0.5) is 0 Å².